The number of rotatable bonds is 2. The van der Waals surface area contributed by atoms with Crippen LogP contribution in [0.2, 0.25) is 5.02 Å². The number of carbonyl (C=O) groups excluding carboxylic acids is 1. The van der Waals surface area contributed by atoms with Crippen LogP contribution in [0.1, 0.15) is 15.9 Å². The van der Waals surface area contributed by atoms with E-state index in [0.29, 0.717) is 6.07 Å². The molecule has 7 heteroatoms. The third kappa shape index (κ3) is 2.45. The Hall–Kier alpha value is -1.40. The Labute approximate surface area is 124 Å². The molecule has 0 bridgehead atoms. The molecule has 1 nitrogen and oxygen atoms in total. The summed E-state index contributed by atoms with van der Waals surface area (Å²) in [5, 5.41) is -0.362. The van der Waals surface area contributed by atoms with E-state index in [9.17, 15) is 22.4 Å². The highest BCUT2D eigenvalue weighted by atomic mass is 79.9. The van der Waals surface area contributed by atoms with Crippen LogP contribution in [-0.4, -0.2) is 5.78 Å². The maximum atomic E-state index is 13.8. The molecule has 0 heterocycles. The lowest BCUT2D eigenvalue weighted by Crippen LogP contribution is -2.09. The zero-order valence-electron chi connectivity index (χ0n) is 9.49. The summed E-state index contributed by atoms with van der Waals surface area (Å²) in [6, 6.07) is 3.68. The largest absolute Gasteiger partial charge is 0.288 e. The average Bonchev–Trinajstić information content (AvgIpc) is 2.42. The van der Waals surface area contributed by atoms with Crippen LogP contribution < -0.4 is 0 Å². The molecular weight excluding hydrogens is 363 g/mol. The Morgan fingerprint density at radius 1 is 0.900 bits per heavy atom. The van der Waals surface area contributed by atoms with E-state index in [0.717, 1.165) is 12.1 Å². The zero-order valence-corrected chi connectivity index (χ0v) is 11.8. The Bertz CT molecular complexity index is 659. The molecule has 0 aliphatic heterocycles. The lowest BCUT2D eigenvalue weighted by atomic mass is 10.0. The highest BCUT2D eigenvalue weighted by Gasteiger charge is 2.23. The second-order valence-electron chi connectivity index (χ2n) is 3.77. The fourth-order valence-corrected chi connectivity index (χ4v) is 2.02. The van der Waals surface area contributed by atoms with E-state index in [2.05, 4.69) is 15.9 Å². The second kappa shape index (κ2) is 5.54. The van der Waals surface area contributed by atoms with Crippen molar-refractivity contribution < 1.29 is 22.4 Å². The Balaban J connectivity index is 2.58. The molecule has 0 atom stereocenters. The fraction of sp³-hybridized carbons (Fsp3) is 0. The van der Waals surface area contributed by atoms with Crippen LogP contribution in [0.3, 0.4) is 0 Å². The highest BCUT2D eigenvalue weighted by molar-refractivity contribution is 9.10. The van der Waals surface area contributed by atoms with Crippen molar-refractivity contribution >= 4 is 33.3 Å². The molecule has 0 aliphatic carbocycles. The van der Waals surface area contributed by atoms with Crippen LogP contribution in [0, 0.1) is 23.3 Å². The van der Waals surface area contributed by atoms with Crippen molar-refractivity contribution in [2.75, 3.05) is 0 Å². The maximum absolute atomic E-state index is 13.8. The highest BCUT2D eigenvalue weighted by Crippen LogP contribution is 2.29. The first kappa shape index (κ1) is 15.0. The Morgan fingerprint density at radius 2 is 1.45 bits per heavy atom. The summed E-state index contributed by atoms with van der Waals surface area (Å²) >= 11 is 8.56. The van der Waals surface area contributed by atoms with Crippen molar-refractivity contribution in [3.63, 3.8) is 0 Å². The lowest BCUT2D eigenvalue weighted by molar-refractivity contribution is 0.103. The van der Waals surface area contributed by atoms with Crippen molar-refractivity contribution in [2.24, 2.45) is 0 Å². The SMILES string of the molecule is O=C(c1ccc(F)c(F)c1F)c1ccc(Br)c(Cl)c1F. The summed E-state index contributed by atoms with van der Waals surface area (Å²) in [6.07, 6.45) is 0. The van der Waals surface area contributed by atoms with Crippen LogP contribution in [0.5, 0.6) is 0 Å². The van der Waals surface area contributed by atoms with Gasteiger partial charge in [-0.3, -0.25) is 4.79 Å². The summed E-state index contributed by atoms with van der Waals surface area (Å²) in [6.45, 7) is 0. The van der Waals surface area contributed by atoms with E-state index in [1.54, 1.807) is 0 Å². The van der Waals surface area contributed by atoms with Crippen molar-refractivity contribution in [3.8, 4) is 0 Å². The number of ketones is 1. The van der Waals surface area contributed by atoms with Crippen LogP contribution >= 0.6 is 27.5 Å². The predicted molar refractivity (Wildman–Crippen MR) is 68.9 cm³/mol. The summed E-state index contributed by atoms with van der Waals surface area (Å²) in [7, 11) is 0. The first-order chi connectivity index (χ1) is 9.34. The molecule has 2 rings (SSSR count). The van der Waals surface area contributed by atoms with E-state index in [1.165, 1.54) is 6.07 Å². The van der Waals surface area contributed by atoms with Gasteiger partial charge in [0.25, 0.3) is 0 Å². The van der Waals surface area contributed by atoms with Gasteiger partial charge in [-0.2, -0.15) is 0 Å². The zero-order chi connectivity index (χ0) is 15.0. The molecule has 2 aromatic carbocycles. The quantitative estimate of drug-likeness (QED) is 0.420. The summed E-state index contributed by atoms with van der Waals surface area (Å²) in [5.41, 5.74) is -1.32. The van der Waals surface area contributed by atoms with E-state index < -0.39 is 40.2 Å². The molecule has 2 aromatic rings. The first-order valence-electron chi connectivity index (χ1n) is 5.16. The lowest BCUT2D eigenvalue weighted by Gasteiger charge is -2.07. The van der Waals surface area contributed by atoms with Gasteiger partial charge in [0, 0.05) is 4.47 Å². The summed E-state index contributed by atoms with van der Waals surface area (Å²) in [5.74, 6) is -7.11. The number of halogens is 6. The molecule has 0 radical (unpaired) electrons. The molecule has 0 amide bonds. The van der Waals surface area contributed by atoms with Gasteiger partial charge in [0.2, 0.25) is 0 Å². The number of hydrogen-bond donors (Lipinski definition) is 0. The molecule has 0 unspecified atom stereocenters. The average molecular weight is 368 g/mol. The number of benzene rings is 2. The molecule has 0 N–H and O–H groups in total. The van der Waals surface area contributed by atoms with Gasteiger partial charge in [-0.25, -0.2) is 17.6 Å². The van der Waals surface area contributed by atoms with Crippen LogP contribution in [-0.2, 0) is 0 Å². The van der Waals surface area contributed by atoms with E-state index in [4.69, 9.17) is 11.6 Å². The molecular formula is C13H4BrClF4O. The minimum atomic E-state index is -1.79. The van der Waals surface area contributed by atoms with Gasteiger partial charge in [0.1, 0.15) is 0 Å². The minimum Gasteiger partial charge on any atom is -0.288 e. The Morgan fingerprint density at radius 3 is 2.10 bits per heavy atom. The second-order valence-corrected chi connectivity index (χ2v) is 5.01. The summed E-state index contributed by atoms with van der Waals surface area (Å²) in [4.78, 5) is 12.0. The molecule has 20 heavy (non-hydrogen) atoms. The number of hydrogen-bond acceptors (Lipinski definition) is 1. The van der Waals surface area contributed by atoms with Gasteiger partial charge >= 0.3 is 0 Å². The fourth-order valence-electron chi connectivity index (χ4n) is 1.55. The third-order valence-electron chi connectivity index (χ3n) is 2.56. The van der Waals surface area contributed by atoms with Crippen molar-refractivity contribution in [1.82, 2.24) is 0 Å². The van der Waals surface area contributed by atoms with Gasteiger partial charge in [-0.15, -0.1) is 0 Å². The van der Waals surface area contributed by atoms with Crippen molar-refractivity contribution in [3.05, 3.63) is 68.2 Å². The van der Waals surface area contributed by atoms with E-state index >= 15 is 0 Å². The number of carbonyl (C=O) groups is 1. The van der Waals surface area contributed by atoms with Gasteiger partial charge in [-0.05, 0) is 40.2 Å². The van der Waals surface area contributed by atoms with Gasteiger partial charge in [-0.1, -0.05) is 11.6 Å². The topological polar surface area (TPSA) is 17.1 Å². The normalized spacial score (nSPS) is 10.7. The van der Waals surface area contributed by atoms with Gasteiger partial charge in [0.15, 0.2) is 29.1 Å². The van der Waals surface area contributed by atoms with Gasteiger partial charge < -0.3 is 0 Å². The monoisotopic (exact) mass is 366 g/mol. The summed E-state index contributed by atoms with van der Waals surface area (Å²) < 4.78 is 53.4. The molecule has 0 aliphatic rings. The molecule has 0 saturated carbocycles. The molecule has 0 aromatic heterocycles. The van der Waals surface area contributed by atoms with E-state index in [1.807, 2.05) is 0 Å². The first-order valence-corrected chi connectivity index (χ1v) is 6.33. The smallest absolute Gasteiger partial charge is 0.199 e. The van der Waals surface area contributed by atoms with Crippen LogP contribution in [0.25, 0.3) is 0 Å². The molecule has 104 valence electrons. The molecule has 0 saturated heterocycles. The molecule has 0 spiro atoms. The minimum absolute atomic E-state index is 0.207. The van der Waals surface area contributed by atoms with Crippen molar-refractivity contribution in [2.45, 2.75) is 0 Å². The standard InChI is InChI=1S/C13H4BrClF4O/c14-7-3-1-5(10(17)9(7)15)13(20)6-2-4-8(16)12(19)11(6)18/h1-4H. The maximum Gasteiger partial charge on any atom is 0.199 e. The predicted octanol–water partition coefficient (Wildman–Crippen LogP) is 4.89. The molecule has 0 fully saturated rings. The van der Waals surface area contributed by atoms with Crippen LogP contribution in [0.4, 0.5) is 17.6 Å². The van der Waals surface area contributed by atoms with Crippen LogP contribution in [0.15, 0.2) is 28.7 Å². The van der Waals surface area contributed by atoms with E-state index in [-0.39, 0.29) is 9.50 Å². The Kier molecular flexibility index (Phi) is 4.15. The third-order valence-corrected chi connectivity index (χ3v) is 3.82. The van der Waals surface area contributed by atoms with Gasteiger partial charge in [0.05, 0.1) is 16.1 Å². The van der Waals surface area contributed by atoms with Crippen molar-refractivity contribution in [1.29, 1.82) is 0 Å².